The highest BCUT2D eigenvalue weighted by atomic mass is 32.1. The molecule has 14 heavy (non-hydrogen) atoms. The topological polar surface area (TPSA) is 44.1 Å². The third-order valence-corrected chi connectivity index (χ3v) is 3.17. The van der Waals surface area contributed by atoms with Crippen molar-refractivity contribution in [2.75, 3.05) is 13.6 Å². The molecule has 0 N–H and O–H groups in total. The van der Waals surface area contributed by atoms with Gasteiger partial charge in [0.05, 0.1) is 10.9 Å². The lowest BCUT2D eigenvalue weighted by Gasteiger charge is -2.10. The molecule has 1 aromatic rings. The van der Waals surface area contributed by atoms with E-state index in [1.807, 2.05) is 26.0 Å². The molecule has 0 saturated carbocycles. The van der Waals surface area contributed by atoms with Crippen LogP contribution >= 0.6 is 11.3 Å². The summed E-state index contributed by atoms with van der Waals surface area (Å²) in [5, 5.41) is 8.45. The van der Waals surface area contributed by atoms with Gasteiger partial charge in [0.1, 0.15) is 6.54 Å². The summed E-state index contributed by atoms with van der Waals surface area (Å²) in [7, 11) is 1.63. The van der Waals surface area contributed by atoms with Gasteiger partial charge in [-0.1, -0.05) is 0 Å². The number of carbonyl (C=O) groups is 1. The first-order valence-electron chi connectivity index (χ1n) is 4.25. The highest BCUT2D eigenvalue weighted by Crippen LogP contribution is 2.21. The van der Waals surface area contributed by atoms with Gasteiger partial charge in [-0.3, -0.25) is 4.79 Å². The van der Waals surface area contributed by atoms with Crippen LogP contribution in [0.5, 0.6) is 0 Å². The zero-order valence-corrected chi connectivity index (χ0v) is 9.31. The lowest BCUT2D eigenvalue weighted by Crippen LogP contribution is -2.26. The molecule has 0 aliphatic rings. The SMILES string of the molecule is Cc1cc(C(=O)N(C)CC#N)sc1C. The van der Waals surface area contributed by atoms with E-state index in [4.69, 9.17) is 5.26 Å². The van der Waals surface area contributed by atoms with Gasteiger partial charge in [0.25, 0.3) is 5.91 Å². The Bertz CT molecular complexity index is 370. The summed E-state index contributed by atoms with van der Waals surface area (Å²) in [6.07, 6.45) is 0. The molecule has 0 radical (unpaired) electrons. The monoisotopic (exact) mass is 208 g/mol. The summed E-state index contributed by atoms with van der Waals surface area (Å²) in [5.41, 5.74) is 1.13. The van der Waals surface area contributed by atoms with Crippen molar-refractivity contribution in [2.45, 2.75) is 13.8 Å². The number of rotatable bonds is 2. The molecule has 0 unspecified atom stereocenters. The van der Waals surface area contributed by atoms with Gasteiger partial charge in [-0.15, -0.1) is 11.3 Å². The van der Waals surface area contributed by atoms with E-state index in [-0.39, 0.29) is 12.5 Å². The van der Waals surface area contributed by atoms with Crippen LogP contribution in [0.25, 0.3) is 0 Å². The minimum atomic E-state index is -0.0762. The van der Waals surface area contributed by atoms with E-state index in [0.717, 1.165) is 10.4 Å². The molecule has 0 saturated heterocycles. The van der Waals surface area contributed by atoms with Crippen LogP contribution in [0.15, 0.2) is 6.07 Å². The Morgan fingerprint density at radius 2 is 2.29 bits per heavy atom. The fraction of sp³-hybridized carbons (Fsp3) is 0.400. The second kappa shape index (κ2) is 4.25. The molecule has 0 aliphatic carbocycles. The summed E-state index contributed by atoms with van der Waals surface area (Å²) in [6.45, 7) is 4.10. The summed E-state index contributed by atoms with van der Waals surface area (Å²) in [6, 6.07) is 3.82. The molecule has 0 fully saturated rings. The molecule has 0 bridgehead atoms. The maximum Gasteiger partial charge on any atom is 0.264 e. The van der Waals surface area contributed by atoms with Gasteiger partial charge in [0, 0.05) is 11.9 Å². The number of hydrogen-bond acceptors (Lipinski definition) is 3. The largest absolute Gasteiger partial charge is 0.328 e. The molecule has 3 nitrogen and oxygen atoms in total. The first-order valence-corrected chi connectivity index (χ1v) is 5.07. The van der Waals surface area contributed by atoms with Crippen molar-refractivity contribution in [1.82, 2.24) is 4.90 Å². The number of amides is 1. The summed E-state index contributed by atoms with van der Waals surface area (Å²) in [4.78, 5) is 15.0. The van der Waals surface area contributed by atoms with E-state index in [9.17, 15) is 4.79 Å². The Morgan fingerprint density at radius 1 is 1.64 bits per heavy atom. The number of aryl methyl sites for hydroxylation is 2. The van der Waals surface area contributed by atoms with Crippen LogP contribution in [0.1, 0.15) is 20.1 Å². The maximum atomic E-state index is 11.7. The lowest BCUT2D eigenvalue weighted by molar-refractivity contribution is 0.0816. The molecule has 1 heterocycles. The first-order chi connectivity index (χ1) is 6.56. The summed E-state index contributed by atoms with van der Waals surface area (Å²) in [5.74, 6) is -0.0762. The van der Waals surface area contributed by atoms with Crippen LogP contribution < -0.4 is 0 Å². The Balaban J connectivity index is 2.85. The van der Waals surface area contributed by atoms with Gasteiger partial charge in [-0.2, -0.15) is 5.26 Å². The maximum absolute atomic E-state index is 11.7. The van der Waals surface area contributed by atoms with Crippen LogP contribution in [0.2, 0.25) is 0 Å². The van der Waals surface area contributed by atoms with Gasteiger partial charge in [-0.05, 0) is 25.5 Å². The minimum absolute atomic E-state index is 0.0762. The Labute approximate surface area is 87.6 Å². The second-order valence-corrected chi connectivity index (χ2v) is 4.43. The van der Waals surface area contributed by atoms with Crippen molar-refractivity contribution in [2.24, 2.45) is 0 Å². The quantitative estimate of drug-likeness (QED) is 0.697. The van der Waals surface area contributed by atoms with Gasteiger partial charge in [0.2, 0.25) is 0 Å². The fourth-order valence-corrected chi connectivity index (χ4v) is 2.07. The molecule has 0 aromatic carbocycles. The normalized spacial score (nSPS) is 9.57. The molecular formula is C10H12N2OS. The second-order valence-electron chi connectivity index (χ2n) is 3.17. The van der Waals surface area contributed by atoms with E-state index in [1.54, 1.807) is 7.05 Å². The molecule has 4 heteroatoms. The molecule has 1 amide bonds. The molecule has 0 atom stereocenters. The lowest BCUT2D eigenvalue weighted by atomic mass is 10.3. The van der Waals surface area contributed by atoms with Crippen molar-refractivity contribution >= 4 is 17.2 Å². The molecule has 0 aliphatic heterocycles. The minimum Gasteiger partial charge on any atom is -0.328 e. The van der Waals surface area contributed by atoms with Gasteiger partial charge in [0.15, 0.2) is 0 Å². The van der Waals surface area contributed by atoms with Crippen LogP contribution in [0.4, 0.5) is 0 Å². The smallest absolute Gasteiger partial charge is 0.264 e. The summed E-state index contributed by atoms with van der Waals surface area (Å²) >= 11 is 1.48. The van der Waals surface area contributed by atoms with Crippen LogP contribution in [-0.2, 0) is 0 Å². The standard InChI is InChI=1S/C10H12N2OS/c1-7-6-9(14-8(7)2)10(13)12(3)5-4-11/h6H,5H2,1-3H3. The molecular weight excluding hydrogens is 196 g/mol. The zero-order valence-electron chi connectivity index (χ0n) is 8.50. The zero-order chi connectivity index (χ0) is 10.7. The molecule has 0 spiro atoms. The number of thiophene rings is 1. The average Bonchev–Trinajstić information content (AvgIpc) is 2.46. The Kier molecular flexibility index (Phi) is 3.26. The van der Waals surface area contributed by atoms with E-state index in [0.29, 0.717) is 4.88 Å². The number of nitrogens with zero attached hydrogens (tertiary/aromatic N) is 2. The molecule has 1 aromatic heterocycles. The van der Waals surface area contributed by atoms with Crippen LogP contribution in [0.3, 0.4) is 0 Å². The van der Waals surface area contributed by atoms with E-state index < -0.39 is 0 Å². The van der Waals surface area contributed by atoms with Crippen molar-refractivity contribution < 1.29 is 4.79 Å². The van der Waals surface area contributed by atoms with Crippen molar-refractivity contribution in [3.63, 3.8) is 0 Å². The Hall–Kier alpha value is -1.34. The highest BCUT2D eigenvalue weighted by Gasteiger charge is 2.14. The average molecular weight is 208 g/mol. The molecule has 74 valence electrons. The van der Waals surface area contributed by atoms with Crippen LogP contribution in [-0.4, -0.2) is 24.4 Å². The summed E-state index contributed by atoms with van der Waals surface area (Å²) < 4.78 is 0. The first kappa shape index (κ1) is 10.7. The van der Waals surface area contributed by atoms with E-state index >= 15 is 0 Å². The third kappa shape index (κ3) is 2.12. The predicted octanol–water partition coefficient (Wildman–Crippen LogP) is 1.96. The fourth-order valence-electron chi connectivity index (χ4n) is 1.04. The van der Waals surface area contributed by atoms with Gasteiger partial charge < -0.3 is 4.90 Å². The number of nitriles is 1. The van der Waals surface area contributed by atoms with Crippen LogP contribution in [0, 0.1) is 25.2 Å². The number of hydrogen-bond donors (Lipinski definition) is 0. The molecule has 1 rings (SSSR count). The van der Waals surface area contributed by atoms with Gasteiger partial charge >= 0.3 is 0 Å². The highest BCUT2D eigenvalue weighted by molar-refractivity contribution is 7.14. The Morgan fingerprint density at radius 3 is 2.71 bits per heavy atom. The third-order valence-electron chi connectivity index (χ3n) is 2.03. The van der Waals surface area contributed by atoms with E-state index in [2.05, 4.69) is 0 Å². The van der Waals surface area contributed by atoms with Gasteiger partial charge in [-0.25, -0.2) is 0 Å². The van der Waals surface area contributed by atoms with Crippen molar-refractivity contribution in [3.8, 4) is 6.07 Å². The number of carbonyl (C=O) groups excluding carboxylic acids is 1. The van der Waals surface area contributed by atoms with Crippen molar-refractivity contribution in [3.05, 3.63) is 21.4 Å². The van der Waals surface area contributed by atoms with E-state index in [1.165, 1.54) is 16.2 Å². The van der Waals surface area contributed by atoms with Crippen molar-refractivity contribution in [1.29, 1.82) is 5.26 Å². The predicted molar refractivity (Wildman–Crippen MR) is 56.4 cm³/mol.